The van der Waals surface area contributed by atoms with Gasteiger partial charge in [0.25, 0.3) is 0 Å². The lowest BCUT2D eigenvalue weighted by atomic mass is 10.1. The van der Waals surface area contributed by atoms with Crippen LogP contribution in [0.4, 0.5) is 14.9 Å². The van der Waals surface area contributed by atoms with Crippen LogP contribution in [-0.2, 0) is 4.74 Å². The number of halogens is 1. The fourth-order valence-electron chi connectivity index (χ4n) is 3.93. The molecule has 3 heterocycles. The Morgan fingerprint density at radius 3 is 2.71 bits per heavy atom. The number of hydrogen-bond donors (Lipinski definition) is 2. The predicted molar refractivity (Wildman–Crippen MR) is 151 cm³/mol. The molecule has 5 aromatic rings. The van der Waals surface area contributed by atoms with Gasteiger partial charge in [-0.15, -0.1) is 11.3 Å². The number of nitrogens with zero attached hydrogens (tertiary/aromatic N) is 4. The second-order valence-electron chi connectivity index (χ2n) is 8.97. The van der Waals surface area contributed by atoms with Gasteiger partial charge in [0.15, 0.2) is 11.6 Å². The van der Waals surface area contributed by atoms with Crippen LogP contribution in [0, 0.1) is 12.7 Å². The zero-order valence-corrected chi connectivity index (χ0v) is 23.2. The number of aromatic nitrogens is 4. The number of hydrogen-bond acceptors (Lipinski definition) is 11. The number of aryl methyl sites for hydroxylation is 1. The molecule has 0 aliphatic rings. The summed E-state index contributed by atoms with van der Waals surface area (Å²) in [5.41, 5.74) is 3.97. The molecule has 0 saturated carbocycles. The summed E-state index contributed by atoms with van der Waals surface area (Å²) >= 11 is 1.38. The van der Waals surface area contributed by atoms with Gasteiger partial charge in [0.2, 0.25) is 11.8 Å². The summed E-state index contributed by atoms with van der Waals surface area (Å²) in [7, 11) is 1.53. The number of methoxy groups -OCH3 is 1. The minimum absolute atomic E-state index is 0.0190. The van der Waals surface area contributed by atoms with Crippen molar-refractivity contribution in [2.75, 3.05) is 32.2 Å². The zero-order chi connectivity index (χ0) is 28.9. The number of benzene rings is 2. The van der Waals surface area contributed by atoms with Crippen molar-refractivity contribution in [1.29, 1.82) is 0 Å². The van der Waals surface area contributed by atoms with Crippen molar-refractivity contribution in [2.45, 2.75) is 20.0 Å². The Balaban J connectivity index is 1.25. The molecule has 3 aromatic heterocycles. The second-order valence-corrected chi connectivity index (χ2v) is 10.0. The lowest BCUT2D eigenvalue weighted by Gasteiger charge is -2.15. The predicted octanol–water partition coefficient (Wildman–Crippen LogP) is 5.14. The van der Waals surface area contributed by atoms with Crippen LogP contribution in [0.15, 0.2) is 48.8 Å². The highest BCUT2D eigenvalue weighted by Gasteiger charge is 2.18. The molecule has 2 N–H and O–H groups in total. The largest absolute Gasteiger partial charge is 0.484 e. The van der Waals surface area contributed by atoms with Gasteiger partial charge >= 0.3 is 6.09 Å². The molecule has 1 atom stereocenters. The van der Waals surface area contributed by atoms with E-state index >= 15 is 0 Å². The third-order valence-electron chi connectivity index (χ3n) is 5.75. The minimum atomic E-state index is -0.722. The molecule has 0 bridgehead atoms. The first-order valence-electron chi connectivity index (χ1n) is 12.5. The van der Waals surface area contributed by atoms with E-state index in [9.17, 15) is 9.18 Å². The Bertz CT molecular complexity index is 1700. The first kappa shape index (κ1) is 27.9. The molecule has 0 aliphatic heterocycles. The third kappa shape index (κ3) is 6.58. The van der Waals surface area contributed by atoms with E-state index in [1.807, 2.05) is 19.1 Å². The van der Waals surface area contributed by atoms with Gasteiger partial charge in [-0.1, -0.05) is 0 Å². The Kier molecular flexibility index (Phi) is 8.36. The first-order valence-corrected chi connectivity index (χ1v) is 13.4. The van der Waals surface area contributed by atoms with Crippen molar-refractivity contribution >= 4 is 44.4 Å². The van der Waals surface area contributed by atoms with Crippen LogP contribution in [0.25, 0.3) is 31.8 Å². The van der Waals surface area contributed by atoms with Crippen LogP contribution in [0.2, 0.25) is 0 Å². The molecule has 2 aromatic carbocycles. The monoisotopic (exact) mass is 579 g/mol. The van der Waals surface area contributed by atoms with Crippen LogP contribution < -0.4 is 19.5 Å². The van der Waals surface area contributed by atoms with Crippen molar-refractivity contribution in [3.05, 3.63) is 60.2 Å². The molecule has 0 radical (unpaired) electrons. The fourth-order valence-corrected chi connectivity index (χ4v) is 4.93. The Morgan fingerprint density at radius 1 is 1.10 bits per heavy atom. The van der Waals surface area contributed by atoms with E-state index < -0.39 is 18.0 Å². The molecule has 41 heavy (non-hydrogen) atoms. The van der Waals surface area contributed by atoms with Crippen LogP contribution in [0.5, 0.6) is 17.5 Å². The standard InChI is InChI=1S/C28H26FN5O6S/c1-15-8-18(26-21(9-15)33-25(37-3)13-31-26)27-34-20-10-19(29)22(11-23(20)41-27)40-16(2)14-39-28(36)32-17-4-5-24(30-12-17)38-7-6-35/h4-5,8-13,16,35H,6-7,14H2,1-3H3,(H,32,36). The van der Waals surface area contributed by atoms with Crippen molar-refractivity contribution in [2.24, 2.45) is 0 Å². The van der Waals surface area contributed by atoms with E-state index in [4.69, 9.17) is 24.1 Å². The summed E-state index contributed by atoms with van der Waals surface area (Å²) in [5.74, 6) is 0.159. The van der Waals surface area contributed by atoms with E-state index in [2.05, 4.69) is 25.3 Å². The molecule has 13 heteroatoms. The first-order chi connectivity index (χ1) is 19.8. The summed E-state index contributed by atoms with van der Waals surface area (Å²) < 4.78 is 37.0. The normalized spacial score (nSPS) is 11.8. The number of thiazole rings is 1. The van der Waals surface area contributed by atoms with Gasteiger partial charge < -0.3 is 24.1 Å². The number of rotatable bonds is 10. The number of carbonyl (C=O) groups is 1. The maximum absolute atomic E-state index is 14.9. The van der Waals surface area contributed by atoms with Gasteiger partial charge in [0.05, 0.1) is 53.0 Å². The third-order valence-corrected chi connectivity index (χ3v) is 6.80. The van der Waals surface area contributed by atoms with Crippen molar-refractivity contribution in [3.63, 3.8) is 0 Å². The second kappa shape index (κ2) is 12.3. The molecule has 0 saturated heterocycles. The molecular weight excluding hydrogens is 553 g/mol. The van der Waals surface area contributed by atoms with Gasteiger partial charge in [-0.25, -0.2) is 29.1 Å². The van der Waals surface area contributed by atoms with Gasteiger partial charge in [0.1, 0.15) is 24.3 Å². The van der Waals surface area contributed by atoms with E-state index in [1.165, 1.54) is 30.7 Å². The summed E-state index contributed by atoms with van der Waals surface area (Å²) in [6, 6.07) is 9.92. The molecule has 0 spiro atoms. The molecule has 0 fully saturated rings. The molecule has 0 aliphatic carbocycles. The van der Waals surface area contributed by atoms with Crippen molar-refractivity contribution < 1.29 is 33.2 Å². The maximum Gasteiger partial charge on any atom is 0.411 e. The number of pyridine rings is 1. The molecule has 212 valence electrons. The number of anilines is 1. The van der Waals surface area contributed by atoms with Crippen LogP contribution in [-0.4, -0.2) is 64.2 Å². The van der Waals surface area contributed by atoms with E-state index in [-0.39, 0.29) is 25.6 Å². The number of nitrogens with one attached hydrogen (secondary N) is 1. The highest BCUT2D eigenvalue weighted by Crippen LogP contribution is 2.37. The van der Waals surface area contributed by atoms with Crippen LogP contribution in [0.1, 0.15) is 12.5 Å². The van der Waals surface area contributed by atoms with Gasteiger partial charge in [-0.05, 0) is 37.6 Å². The van der Waals surface area contributed by atoms with Crippen LogP contribution in [0.3, 0.4) is 0 Å². The number of amides is 1. The topological polar surface area (TPSA) is 138 Å². The molecule has 11 nitrogen and oxygen atoms in total. The Labute approximate surface area is 237 Å². The molecule has 1 unspecified atom stereocenters. The van der Waals surface area contributed by atoms with E-state index in [1.54, 1.807) is 31.3 Å². The van der Waals surface area contributed by atoms with Crippen molar-refractivity contribution in [1.82, 2.24) is 19.9 Å². The lowest BCUT2D eigenvalue weighted by molar-refractivity contribution is 0.0969. The number of fused-ring (bicyclic) bond motifs is 2. The summed E-state index contributed by atoms with van der Waals surface area (Å²) in [6.07, 6.45) is 1.58. The van der Waals surface area contributed by atoms with Gasteiger partial charge in [0, 0.05) is 23.8 Å². The minimum Gasteiger partial charge on any atom is -0.484 e. The number of aliphatic hydroxyl groups excluding tert-OH is 1. The van der Waals surface area contributed by atoms with Gasteiger partial charge in [-0.3, -0.25) is 5.32 Å². The van der Waals surface area contributed by atoms with Crippen LogP contribution >= 0.6 is 11.3 Å². The zero-order valence-electron chi connectivity index (χ0n) is 22.4. The molecule has 1 amide bonds. The average molecular weight is 580 g/mol. The lowest BCUT2D eigenvalue weighted by Crippen LogP contribution is -2.24. The Morgan fingerprint density at radius 2 is 1.95 bits per heavy atom. The summed E-state index contributed by atoms with van der Waals surface area (Å²) in [6.45, 7) is 3.48. The maximum atomic E-state index is 14.9. The quantitative estimate of drug-likeness (QED) is 0.229. The van der Waals surface area contributed by atoms with Gasteiger partial charge in [-0.2, -0.15) is 0 Å². The fraction of sp³-hybridized carbons (Fsp3) is 0.250. The Hall–Kier alpha value is -4.62. The highest BCUT2D eigenvalue weighted by molar-refractivity contribution is 7.21. The summed E-state index contributed by atoms with van der Waals surface area (Å²) in [5, 5.41) is 12.0. The summed E-state index contributed by atoms with van der Waals surface area (Å²) in [4.78, 5) is 29.8. The van der Waals surface area contributed by atoms with E-state index in [0.717, 1.165) is 15.8 Å². The molecule has 5 rings (SSSR count). The average Bonchev–Trinajstić information content (AvgIpc) is 3.37. The number of carbonyl (C=O) groups excluding carboxylic acids is 1. The smallest absolute Gasteiger partial charge is 0.411 e. The van der Waals surface area contributed by atoms with E-state index in [0.29, 0.717) is 39.0 Å². The highest BCUT2D eigenvalue weighted by atomic mass is 32.1. The number of ether oxygens (including phenoxy) is 4. The van der Waals surface area contributed by atoms with Crippen molar-refractivity contribution in [3.8, 4) is 28.1 Å². The molecular formula is C28H26FN5O6S. The number of aliphatic hydroxyl groups is 1. The SMILES string of the molecule is COc1cnc2c(-c3nc4cc(F)c(OC(C)COC(=O)Nc5ccc(OCCO)nc5)cc4s3)cc(C)cc2n1.